The third-order valence-electron chi connectivity index (χ3n) is 3.88. The van der Waals surface area contributed by atoms with Gasteiger partial charge in [0, 0.05) is 24.2 Å². The molecule has 0 amide bonds. The Labute approximate surface area is 109 Å². The van der Waals surface area contributed by atoms with Gasteiger partial charge in [0.15, 0.2) is 0 Å². The van der Waals surface area contributed by atoms with E-state index in [1.54, 1.807) is 13.4 Å². The third kappa shape index (κ3) is 2.99. The van der Waals surface area contributed by atoms with Crippen LogP contribution in [0.5, 0.6) is 5.88 Å². The van der Waals surface area contributed by atoms with E-state index in [0.29, 0.717) is 17.3 Å². The minimum atomic E-state index is 0.476. The van der Waals surface area contributed by atoms with Crippen LogP contribution in [0.3, 0.4) is 0 Å². The number of methoxy groups -OCH3 is 1. The van der Waals surface area contributed by atoms with Crippen molar-refractivity contribution in [1.82, 2.24) is 15.3 Å². The van der Waals surface area contributed by atoms with E-state index in [2.05, 4.69) is 36.1 Å². The summed E-state index contributed by atoms with van der Waals surface area (Å²) in [5, 5.41) is 3.58. The number of nitrogens with one attached hydrogen (secondary N) is 1. The number of hydrogen-bond acceptors (Lipinski definition) is 4. The summed E-state index contributed by atoms with van der Waals surface area (Å²) < 4.78 is 5.14. The van der Waals surface area contributed by atoms with Crippen LogP contribution in [0.15, 0.2) is 12.4 Å². The highest BCUT2D eigenvalue weighted by Crippen LogP contribution is 2.53. The van der Waals surface area contributed by atoms with Gasteiger partial charge in [-0.15, -0.1) is 0 Å². The summed E-state index contributed by atoms with van der Waals surface area (Å²) in [4.78, 5) is 8.38. The lowest BCUT2D eigenvalue weighted by atomic mass is 9.99. The Morgan fingerprint density at radius 1 is 1.50 bits per heavy atom. The number of rotatable bonds is 6. The summed E-state index contributed by atoms with van der Waals surface area (Å²) in [6, 6.07) is 2.43. The average Bonchev–Trinajstić information content (AvgIpc) is 2.98. The Morgan fingerprint density at radius 2 is 2.22 bits per heavy atom. The zero-order chi connectivity index (χ0) is 13.2. The van der Waals surface area contributed by atoms with Crippen LogP contribution in [-0.4, -0.2) is 29.7 Å². The Hall–Kier alpha value is -1.16. The van der Waals surface area contributed by atoms with Crippen LogP contribution >= 0.6 is 0 Å². The van der Waals surface area contributed by atoms with Crippen LogP contribution in [0, 0.1) is 11.3 Å². The van der Waals surface area contributed by atoms with Gasteiger partial charge in [0.1, 0.15) is 6.33 Å². The van der Waals surface area contributed by atoms with E-state index in [9.17, 15) is 0 Å². The van der Waals surface area contributed by atoms with E-state index in [1.165, 1.54) is 6.42 Å². The monoisotopic (exact) mass is 249 g/mol. The summed E-state index contributed by atoms with van der Waals surface area (Å²) in [6.07, 6.45) is 3.82. The number of ether oxygens (including phenoxy) is 1. The first-order valence-corrected chi connectivity index (χ1v) is 6.65. The van der Waals surface area contributed by atoms with Crippen LogP contribution < -0.4 is 10.1 Å². The Kier molecular flexibility index (Phi) is 3.85. The van der Waals surface area contributed by atoms with Gasteiger partial charge < -0.3 is 10.1 Å². The molecule has 1 saturated carbocycles. The summed E-state index contributed by atoms with van der Waals surface area (Å²) in [5.74, 6) is 1.39. The summed E-state index contributed by atoms with van der Waals surface area (Å²) in [5.41, 5.74) is 1.53. The SMILES string of the molecule is CCNC(Cc1cc(OC)ncn1)C1CC1(C)C. The predicted octanol–water partition coefficient (Wildman–Crippen LogP) is 2.05. The molecule has 2 rings (SSSR count). The van der Waals surface area contributed by atoms with Crippen molar-refractivity contribution >= 4 is 0 Å². The van der Waals surface area contributed by atoms with E-state index >= 15 is 0 Å². The molecule has 0 radical (unpaired) electrons. The first kappa shape index (κ1) is 13.3. The Morgan fingerprint density at radius 3 is 2.78 bits per heavy atom. The minimum Gasteiger partial charge on any atom is -0.481 e. The highest BCUT2D eigenvalue weighted by Gasteiger charge is 2.49. The first-order chi connectivity index (χ1) is 8.56. The zero-order valence-electron chi connectivity index (χ0n) is 11.7. The predicted molar refractivity (Wildman–Crippen MR) is 71.6 cm³/mol. The van der Waals surface area contributed by atoms with Crippen molar-refractivity contribution in [2.45, 2.75) is 39.7 Å². The quantitative estimate of drug-likeness (QED) is 0.838. The second kappa shape index (κ2) is 5.22. The van der Waals surface area contributed by atoms with E-state index < -0.39 is 0 Å². The van der Waals surface area contributed by atoms with Crippen LogP contribution in [0.2, 0.25) is 0 Å². The fourth-order valence-electron chi connectivity index (χ4n) is 2.64. The van der Waals surface area contributed by atoms with Crippen LogP contribution in [0.25, 0.3) is 0 Å². The molecule has 1 N–H and O–H groups in total. The lowest BCUT2D eigenvalue weighted by Gasteiger charge is -2.19. The van der Waals surface area contributed by atoms with Crippen molar-refractivity contribution in [2.24, 2.45) is 11.3 Å². The molecule has 1 aromatic rings. The Balaban J connectivity index is 2.04. The molecule has 4 heteroatoms. The molecule has 4 nitrogen and oxygen atoms in total. The van der Waals surface area contributed by atoms with E-state index in [0.717, 1.165) is 24.6 Å². The fraction of sp³-hybridized carbons (Fsp3) is 0.714. The van der Waals surface area contributed by atoms with Gasteiger partial charge in [0.05, 0.1) is 7.11 Å². The lowest BCUT2D eigenvalue weighted by Crippen LogP contribution is -2.34. The average molecular weight is 249 g/mol. The molecular weight excluding hydrogens is 226 g/mol. The van der Waals surface area contributed by atoms with Crippen LogP contribution in [-0.2, 0) is 6.42 Å². The largest absolute Gasteiger partial charge is 0.481 e. The maximum absolute atomic E-state index is 5.14. The molecule has 0 aliphatic heterocycles. The van der Waals surface area contributed by atoms with E-state index in [1.807, 2.05) is 6.07 Å². The number of aromatic nitrogens is 2. The molecule has 0 aromatic carbocycles. The number of nitrogens with zero attached hydrogens (tertiary/aromatic N) is 2. The van der Waals surface area contributed by atoms with Crippen molar-refractivity contribution in [2.75, 3.05) is 13.7 Å². The molecule has 0 saturated heterocycles. The Bertz CT molecular complexity index is 406. The molecule has 0 spiro atoms. The van der Waals surface area contributed by atoms with Crippen molar-refractivity contribution in [3.8, 4) is 5.88 Å². The zero-order valence-corrected chi connectivity index (χ0v) is 11.7. The van der Waals surface area contributed by atoms with Crippen LogP contribution in [0.4, 0.5) is 0 Å². The maximum Gasteiger partial charge on any atom is 0.216 e. The van der Waals surface area contributed by atoms with Gasteiger partial charge in [-0.3, -0.25) is 0 Å². The minimum absolute atomic E-state index is 0.476. The smallest absolute Gasteiger partial charge is 0.216 e. The highest BCUT2D eigenvalue weighted by molar-refractivity contribution is 5.16. The van der Waals surface area contributed by atoms with Crippen LogP contribution in [0.1, 0.15) is 32.9 Å². The molecule has 18 heavy (non-hydrogen) atoms. The second-order valence-corrected chi connectivity index (χ2v) is 5.72. The van der Waals surface area contributed by atoms with E-state index in [4.69, 9.17) is 4.74 Å². The molecule has 2 unspecified atom stereocenters. The molecule has 0 bridgehead atoms. The van der Waals surface area contributed by atoms with Crippen molar-refractivity contribution in [3.63, 3.8) is 0 Å². The molecule has 1 fully saturated rings. The van der Waals surface area contributed by atoms with Crippen molar-refractivity contribution in [3.05, 3.63) is 18.1 Å². The third-order valence-corrected chi connectivity index (χ3v) is 3.88. The van der Waals surface area contributed by atoms with Gasteiger partial charge in [-0.1, -0.05) is 20.8 Å². The number of hydrogen-bond donors (Lipinski definition) is 1. The fourth-order valence-corrected chi connectivity index (χ4v) is 2.64. The van der Waals surface area contributed by atoms with Gasteiger partial charge in [-0.2, -0.15) is 0 Å². The van der Waals surface area contributed by atoms with E-state index in [-0.39, 0.29) is 0 Å². The molecule has 2 atom stereocenters. The molecular formula is C14H23N3O. The number of likely N-dealkylation sites (N-methyl/N-ethyl adjacent to an activating group) is 1. The first-order valence-electron chi connectivity index (χ1n) is 6.65. The maximum atomic E-state index is 5.14. The molecule has 1 aliphatic carbocycles. The second-order valence-electron chi connectivity index (χ2n) is 5.72. The molecule has 1 aliphatic rings. The highest BCUT2D eigenvalue weighted by atomic mass is 16.5. The van der Waals surface area contributed by atoms with Crippen molar-refractivity contribution in [1.29, 1.82) is 0 Å². The van der Waals surface area contributed by atoms with Gasteiger partial charge in [0.25, 0.3) is 0 Å². The normalized spacial score (nSPS) is 22.6. The summed E-state index contributed by atoms with van der Waals surface area (Å²) in [6.45, 7) is 7.83. The summed E-state index contributed by atoms with van der Waals surface area (Å²) >= 11 is 0. The standard InChI is InChI=1S/C14H23N3O/c1-5-15-12(11-8-14(11,2)3)6-10-7-13(18-4)17-9-16-10/h7,9,11-12,15H,5-6,8H2,1-4H3. The van der Waals surface area contributed by atoms with Gasteiger partial charge in [0.2, 0.25) is 5.88 Å². The summed E-state index contributed by atoms with van der Waals surface area (Å²) in [7, 11) is 1.64. The molecule has 100 valence electrons. The van der Waals surface area contributed by atoms with Gasteiger partial charge in [-0.25, -0.2) is 9.97 Å². The lowest BCUT2D eigenvalue weighted by molar-refractivity contribution is 0.390. The molecule has 1 heterocycles. The topological polar surface area (TPSA) is 47.0 Å². The molecule has 1 aromatic heterocycles. The van der Waals surface area contributed by atoms with Gasteiger partial charge in [-0.05, 0) is 24.3 Å². The van der Waals surface area contributed by atoms with Gasteiger partial charge >= 0.3 is 0 Å². The van der Waals surface area contributed by atoms with Crippen molar-refractivity contribution < 1.29 is 4.74 Å².